The summed E-state index contributed by atoms with van der Waals surface area (Å²) < 4.78 is 8.08. The topological polar surface area (TPSA) is 50.6 Å². The molecule has 1 aliphatic heterocycles. The minimum Gasteiger partial charge on any atom is -0.448 e. The van der Waals surface area contributed by atoms with E-state index in [9.17, 15) is 4.79 Å². The number of carbonyl (C=O) groups is 1. The van der Waals surface area contributed by atoms with Gasteiger partial charge in [-0.05, 0) is 43.0 Å². The van der Waals surface area contributed by atoms with E-state index in [4.69, 9.17) is 4.74 Å². The lowest BCUT2D eigenvalue weighted by molar-refractivity contribution is 0.0568. The second-order valence-corrected chi connectivity index (χ2v) is 9.66. The van der Waals surface area contributed by atoms with Crippen molar-refractivity contribution in [2.24, 2.45) is 0 Å². The van der Waals surface area contributed by atoms with E-state index in [0.29, 0.717) is 25.7 Å². The second-order valence-electron chi connectivity index (χ2n) is 9.66. The Hall–Kier alpha value is -3.29. The maximum absolute atomic E-state index is 12.9. The Labute approximate surface area is 226 Å². The van der Waals surface area contributed by atoms with Gasteiger partial charge >= 0.3 is 6.09 Å². The third-order valence-electron chi connectivity index (χ3n) is 7.13. The van der Waals surface area contributed by atoms with E-state index in [2.05, 4.69) is 76.0 Å². The molecule has 4 aromatic rings. The van der Waals surface area contributed by atoms with Gasteiger partial charge in [0.15, 0.2) is 0 Å². The van der Waals surface area contributed by atoms with Crippen LogP contribution in [0.4, 0.5) is 4.79 Å². The van der Waals surface area contributed by atoms with Gasteiger partial charge in [-0.25, -0.2) is 9.78 Å². The molecular formula is C30H36N4O2S. The zero-order valence-electron chi connectivity index (χ0n) is 21.4. The molecule has 7 heteroatoms. The van der Waals surface area contributed by atoms with Crippen molar-refractivity contribution < 1.29 is 9.53 Å². The summed E-state index contributed by atoms with van der Waals surface area (Å²) in [6.45, 7) is 5.50. The van der Waals surface area contributed by atoms with Gasteiger partial charge < -0.3 is 14.2 Å². The molecule has 5 rings (SSSR count). The first-order chi connectivity index (χ1) is 17.7. The van der Waals surface area contributed by atoms with Crippen LogP contribution < -0.4 is 0 Å². The van der Waals surface area contributed by atoms with Gasteiger partial charge in [-0.2, -0.15) is 13.5 Å². The van der Waals surface area contributed by atoms with Crippen LogP contribution in [0.15, 0.2) is 91.3 Å². The number of nitrogens with zero attached hydrogens (tertiary/aromatic N) is 4. The minimum atomic E-state index is -0.213. The molecule has 0 N–H and O–H groups in total. The first kappa shape index (κ1) is 26.8. The molecule has 37 heavy (non-hydrogen) atoms. The number of carbonyl (C=O) groups excluding carboxylic acids is 1. The number of ether oxygens (including phenoxy) is 1. The number of aromatic nitrogens is 2. The Kier molecular flexibility index (Phi) is 9.25. The average Bonchev–Trinajstić information content (AvgIpc) is 3.37. The number of benzene rings is 3. The number of piperidine rings is 1. The first-order valence-electron chi connectivity index (χ1n) is 12.8. The lowest BCUT2D eigenvalue weighted by atomic mass is 10.1. The summed E-state index contributed by atoms with van der Waals surface area (Å²) in [5.41, 5.74) is 4.68. The summed E-state index contributed by atoms with van der Waals surface area (Å²) >= 11 is 0. The van der Waals surface area contributed by atoms with Crippen molar-refractivity contribution in [1.29, 1.82) is 0 Å². The molecule has 6 nitrogen and oxygen atoms in total. The highest BCUT2D eigenvalue weighted by Crippen LogP contribution is 2.27. The molecule has 0 spiro atoms. The number of fused-ring (bicyclic) bond motifs is 1. The van der Waals surface area contributed by atoms with Crippen LogP contribution in [-0.2, 0) is 17.8 Å². The summed E-state index contributed by atoms with van der Waals surface area (Å²) in [7, 11) is 0. The molecule has 0 bridgehead atoms. The predicted molar refractivity (Wildman–Crippen MR) is 153 cm³/mol. The summed E-state index contributed by atoms with van der Waals surface area (Å²) in [5, 5.41) is 0. The average molecular weight is 517 g/mol. The summed E-state index contributed by atoms with van der Waals surface area (Å²) in [4.78, 5) is 21.7. The molecule has 1 aliphatic rings. The van der Waals surface area contributed by atoms with Gasteiger partial charge in [0.05, 0.1) is 17.4 Å². The molecule has 0 radical (unpaired) electrons. The number of likely N-dealkylation sites (tertiary alicyclic amines) is 1. The number of hydrogen-bond acceptors (Lipinski definition) is 4. The minimum absolute atomic E-state index is 0. The van der Waals surface area contributed by atoms with Gasteiger partial charge in [0.25, 0.3) is 0 Å². The van der Waals surface area contributed by atoms with E-state index in [1.807, 2.05) is 41.6 Å². The molecule has 2 heterocycles. The molecular weight excluding hydrogens is 480 g/mol. The monoisotopic (exact) mass is 516 g/mol. The van der Waals surface area contributed by atoms with Crippen molar-refractivity contribution in [3.8, 4) is 0 Å². The van der Waals surface area contributed by atoms with Crippen LogP contribution in [0.1, 0.15) is 36.9 Å². The van der Waals surface area contributed by atoms with Crippen molar-refractivity contribution in [2.75, 3.05) is 19.7 Å². The van der Waals surface area contributed by atoms with Crippen molar-refractivity contribution in [3.05, 3.63) is 102 Å². The lowest BCUT2D eigenvalue weighted by Gasteiger charge is -2.33. The fraction of sp³-hybridized carbons (Fsp3) is 0.333. The zero-order valence-corrected chi connectivity index (χ0v) is 22.4. The number of para-hydroxylation sites is 2. The van der Waals surface area contributed by atoms with Crippen LogP contribution in [0.3, 0.4) is 0 Å². The molecule has 0 unspecified atom stereocenters. The molecule has 194 valence electrons. The zero-order chi connectivity index (χ0) is 24.7. The van der Waals surface area contributed by atoms with Crippen molar-refractivity contribution in [3.63, 3.8) is 0 Å². The van der Waals surface area contributed by atoms with Crippen LogP contribution >= 0.6 is 13.5 Å². The van der Waals surface area contributed by atoms with Crippen LogP contribution in [0.5, 0.6) is 0 Å². The summed E-state index contributed by atoms with van der Waals surface area (Å²) in [6, 6.07) is 29.6. The first-order valence-corrected chi connectivity index (χ1v) is 12.8. The van der Waals surface area contributed by atoms with E-state index >= 15 is 0 Å². The van der Waals surface area contributed by atoms with E-state index in [0.717, 1.165) is 37.0 Å². The molecule has 1 atom stereocenters. The normalized spacial score (nSPS) is 14.9. The quantitative estimate of drug-likeness (QED) is 0.288. The highest BCUT2D eigenvalue weighted by molar-refractivity contribution is 7.59. The van der Waals surface area contributed by atoms with Gasteiger partial charge in [-0.3, -0.25) is 4.90 Å². The van der Waals surface area contributed by atoms with Gasteiger partial charge in [0.1, 0.15) is 6.61 Å². The standard InChI is InChI=1S/C30H34N4O2.H2S/c1-24(33(20-25-10-4-2-5-11-25)21-26-12-6-3-7-13-26)22-36-30(35)32-18-16-27(17-19-32)34-23-31-28-14-8-9-15-29(28)34;/h2-15,23-24,27H,16-22H2,1H3;1H2/t24-;/m0./s1. The Balaban J connectivity index is 0.00000320. The molecule has 0 saturated carbocycles. The van der Waals surface area contributed by atoms with Gasteiger partial charge in [-0.15, -0.1) is 0 Å². The Morgan fingerprint density at radius 2 is 1.49 bits per heavy atom. The lowest BCUT2D eigenvalue weighted by Crippen LogP contribution is -2.42. The van der Waals surface area contributed by atoms with Crippen LogP contribution in [-0.4, -0.2) is 51.2 Å². The van der Waals surface area contributed by atoms with Crippen LogP contribution in [0.2, 0.25) is 0 Å². The van der Waals surface area contributed by atoms with Crippen LogP contribution in [0.25, 0.3) is 11.0 Å². The smallest absolute Gasteiger partial charge is 0.409 e. The van der Waals surface area contributed by atoms with Crippen LogP contribution in [0, 0.1) is 0 Å². The number of rotatable bonds is 8. The third kappa shape index (κ3) is 6.73. The van der Waals surface area contributed by atoms with Crippen molar-refractivity contribution in [2.45, 2.75) is 44.9 Å². The number of amides is 1. The maximum atomic E-state index is 12.9. The highest BCUT2D eigenvalue weighted by atomic mass is 32.1. The van der Waals surface area contributed by atoms with E-state index in [1.165, 1.54) is 11.1 Å². The van der Waals surface area contributed by atoms with Crippen molar-refractivity contribution in [1.82, 2.24) is 19.4 Å². The highest BCUT2D eigenvalue weighted by Gasteiger charge is 2.26. The Morgan fingerprint density at radius 1 is 0.919 bits per heavy atom. The fourth-order valence-electron chi connectivity index (χ4n) is 4.99. The molecule has 3 aromatic carbocycles. The summed E-state index contributed by atoms with van der Waals surface area (Å²) in [5.74, 6) is 0. The van der Waals surface area contributed by atoms with E-state index < -0.39 is 0 Å². The second kappa shape index (κ2) is 12.8. The number of hydrogen-bond donors (Lipinski definition) is 0. The summed E-state index contributed by atoms with van der Waals surface area (Å²) in [6.07, 6.45) is 3.52. The van der Waals surface area contributed by atoms with Crippen molar-refractivity contribution >= 4 is 30.6 Å². The maximum Gasteiger partial charge on any atom is 0.409 e. The van der Waals surface area contributed by atoms with Gasteiger partial charge in [0, 0.05) is 38.3 Å². The van der Waals surface area contributed by atoms with E-state index in [-0.39, 0.29) is 25.6 Å². The third-order valence-corrected chi connectivity index (χ3v) is 7.13. The van der Waals surface area contributed by atoms with Gasteiger partial charge in [-0.1, -0.05) is 72.8 Å². The van der Waals surface area contributed by atoms with E-state index in [1.54, 1.807) is 0 Å². The Bertz CT molecular complexity index is 1210. The Morgan fingerprint density at radius 3 is 2.11 bits per heavy atom. The molecule has 1 amide bonds. The largest absolute Gasteiger partial charge is 0.448 e. The molecule has 1 saturated heterocycles. The predicted octanol–water partition coefficient (Wildman–Crippen LogP) is 6.01. The molecule has 1 fully saturated rings. The molecule has 0 aliphatic carbocycles. The fourth-order valence-corrected chi connectivity index (χ4v) is 4.99. The van der Waals surface area contributed by atoms with Gasteiger partial charge in [0.2, 0.25) is 0 Å². The SMILES string of the molecule is C[C@@H](COC(=O)N1CCC(n2cnc3ccccc32)CC1)N(Cc1ccccc1)Cc1ccccc1.S. The number of imidazole rings is 1. The molecule has 1 aromatic heterocycles.